The van der Waals surface area contributed by atoms with E-state index < -0.39 is 0 Å². The number of rotatable bonds is 2. The third-order valence-corrected chi connectivity index (χ3v) is 2.86. The highest BCUT2D eigenvalue weighted by Gasteiger charge is 2.13. The summed E-state index contributed by atoms with van der Waals surface area (Å²) in [6.07, 6.45) is 1.67. The number of halogens is 1. The molecular weight excluding hydrogens is 264 g/mol. The summed E-state index contributed by atoms with van der Waals surface area (Å²) in [4.78, 5) is 8.43. The van der Waals surface area contributed by atoms with Crippen LogP contribution in [-0.4, -0.2) is 15.1 Å². The molecule has 0 amide bonds. The molecule has 2 heterocycles. The van der Waals surface area contributed by atoms with E-state index >= 15 is 0 Å². The van der Waals surface area contributed by atoms with Crippen LogP contribution in [0, 0.1) is 0 Å². The quantitative estimate of drug-likeness (QED) is 0.726. The lowest BCUT2D eigenvalue weighted by molar-refractivity contribution is 0.432. The molecule has 3 aromatic rings. The van der Waals surface area contributed by atoms with Crippen LogP contribution in [0.3, 0.4) is 0 Å². The number of nitrogen functional groups attached to an aromatic ring is 1. The summed E-state index contributed by atoms with van der Waals surface area (Å²) < 4.78 is 5.20. The summed E-state index contributed by atoms with van der Waals surface area (Å²) in [6, 6.07) is 10.6. The van der Waals surface area contributed by atoms with Crippen LogP contribution in [-0.2, 0) is 0 Å². The smallest absolute Gasteiger partial charge is 0.259 e. The van der Waals surface area contributed by atoms with E-state index in [9.17, 15) is 0 Å². The summed E-state index contributed by atoms with van der Waals surface area (Å²) in [5, 5.41) is 4.36. The summed E-state index contributed by atoms with van der Waals surface area (Å²) in [5.41, 5.74) is 7.51. The van der Waals surface area contributed by atoms with Gasteiger partial charge in [0, 0.05) is 11.9 Å². The molecule has 0 bridgehead atoms. The fourth-order valence-corrected chi connectivity index (χ4v) is 1.91. The number of pyridine rings is 1. The normalized spacial score (nSPS) is 10.6. The maximum atomic E-state index is 6.10. The van der Waals surface area contributed by atoms with Gasteiger partial charge in [-0.2, -0.15) is 4.98 Å². The van der Waals surface area contributed by atoms with Gasteiger partial charge in [-0.1, -0.05) is 22.8 Å². The second-order valence-corrected chi connectivity index (χ2v) is 4.28. The van der Waals surface area contributed by atoms with Crippen LogP contribution in [0.2, 0.25) is 5.02 Å². The van der Waals surface area contributed by atoms with Crippen LogP contribution in [0.5, 0.6) is 0 Å². The number of hydrogen-bond acceptors (Lipinski definition) is 5. The molecule has 0 unspecified atom stereocenters. The van der Waals surface area contributed by atoms with Gasteiger partial charge in [0.15, 0.2) is 0 Å². The molecule has 1 aromatic carbocycles. The van der Waals surface area contributed by atoms with Gasteiger partial charge in [0.2, 0.25) is 5.82 Å². The topological polar surface area (TPSA) is 77.8 Å². The standard InChI is InChI=1S/C13H9ClN4O/c14-10-7-8(15)4-5-9(10)13-17-12(18-19-13)11-3-1-2-6-16-11/h1-7H,15H2. The molecule has 5 nitrogen and oxygen atoms in total. The number of anilines is 1. The van der Waals surface area contributed by atoms with E-state index in [4.69, 9.17) is 21.9 Å². The minimum absolute atomic E-state index is 0.339. The Bertz CT molecular complexity index is 712. The molecule has 6 heteroatoms. The van der Waals surface area contributed by atoms with Crippen molar-refractivity contribution < 1.29 is 4.52 Å². The highest BCUT2D eigenvalue weighted by atomic mass is 35.5. The Morgan fingerprint density at radius 2 is 2.05 bits per heavy atom. The second-order valence-electron chi connectivity index (χ2n) is 3.88. The first-order valence-corrected chi connectivity index (χ1v) is 5.92. The molecule has 0 atom stereocenters. The zero-order valence-electron chi connectivity index (χ0n) is 9.75. The summed E-state index contributed by atoms with van der Waals surface area (Å²) in [6.45, 7) is 0. The van der Waals surface area contributed by atoms with Gasteiger partial charge in [-0.3, -0.25) is 4.98 Å². The lowest BCUT2D eigenvalue weighted by Gasteiger charge is -1.99. The van der Waals surface area contributed by atoms with Crippen molar-refractivity contribution in [3.63, 3.8) is 0 Å². The van der Waals surface area contributed by atoms with Crippen LogP contribution in [0.15, 0.2) is 47.1 Å². The van der Waals surface area contributed by atoms with Gasteiger partial charge in [-0.15, -0.1) is 0 Å². The molecule has 3 rings (SSSR count). The molecule has 2 aromatic heterocycles. The molecule has 0 aliphatic carbocycles. The highest BCUT2D eigenvalue weighted by molar-refractivity contribution is 6.33. The minimum atomic E-state index is 0.339. The van der Waals surface area contributed by atoms with Crippen LogP contribution < -0.4 is 5.73 Å². The first-order chi connectivity index (χ1) is 9.24. The van der Waals surface area contributed by atoms with Crippen LogP contribution >= 0.6 is 11.6 Å². The Kier molecular flexibility index (Phi) is 2.89. The maximum absolute atomic E-state index is 6.10. The Balaban J connectivity index is 2.02. The Labute approximate surface area is 114 Å². The first-order valence-electron chi connectivity index (χ1n) is 5.54. The zero-order valence-corrected chi connectivity index (χ0v) is 10.5. The molecule has 0 fully saturated rings. The molecule has 0 radical (unpaired) electrons. The Hall–Kier alpha value is -2.40. The third-order valence-electron chi connectivity index (χ3n) is 2.54. The average molecular weight is 273 g/mol. The largest absolute Gasteiger partial charge is 0.399 e. The number of nitrogens with two attached hydrogens (primary N) is 1. The summed E-state index contributed by atoms with van der Waals surface area (Å²) in [5.74, 6) is 0.758. The summed E-state index contributed by atoms with van der Waals surface area (Å²) >= 11 is 6.10. The Morgan fingerprint density at radius 3 is 2.79 bits per heavy atom. The fourth-order valence-electron chi connectivity index (χ4n) is 1.64. The van der Waals surface area contributed by atoms with Gasteiger partial charge in [0.1, 0.15) is 5.69 Å². The average Bonchev–Trinajstić information content (AvgIpc) is 2.89. The lowest BCUT2D eigenvalue weighted by atomic mass is 10.2. The van der Waals surface area contributed by atoms with Crippen LogP contribution in [0.4, 0.5) is 5.69 Å². The molecule has 0 saturated carbocycles. The minimum Gasteiger partial charge on any atom is -0.399 e. The SMILES string of the molecule is Nc1ccc(-c2nc(-c3ccccn3)no2)c(Cl)c1. The maximum Gasteiger partial charge on any atom is 0.259 e. The van der Waals surface area contributed by atoms with Gasteiger partial charge < -0.3 is 10.3 Å². The van der Waals surface area contributed by atoms with Crippen molar-refractivity contribution in [2.24, 2.45) is 0 Å². The third kappa shape index (κ3) is 2.28. The van der Waals surface area contributed by atoms with E-state index in [0.29, 0.717) is 33.7 Å². The fraction of sp³-hybridized carbons (Fsp3) is 0. The molecule has 19 heavy (non-hydrogen) atoms. The number of aromatic nitrogens is 3. The molecule has 0 aliphatic heterocycles. The molecule has 0 aliphatic rings. The predicted octanol–water partition coefficient (Wildman–Crippen LogP) is 3.03. The van der Waals surface area contributed by atoms with Crippen molar-refractivity contribution in [1.29, 1.82) is 0 Å². The van der Waals surface area contributed by atoms with Crippen molar-refractivity contribution in [3.05, 3.63) is 47.6 Å². The van der Waals surface area contributed by atoms with E-state index in [1.54, 1.807) is 30.5 Å². The van der Waals surface area contributed by atoms with Gasteiger partial charge in [0.05, 0.1) is 10.6 Å². The van der Waals surface area contributed by atoms with E-state index in [1.807, 2.05) is 12.1 Å². The number of hydrogen-bond donors (Lipinski definition) is 1. The number of benzene rings is 1. The van der Waals surface area contributed by atoms with Gasteiger partial charge in [0.25, 0.3) is 5.89 Å². The van der Waals surface area contributed by atoms with E-state index in [0.717, 1.165) is 0 Å². The zero-order chi connectivity index (χ0) is 13.2. The molecule has 2 N–H and O–H groups in total. The van der Waals surface area contributed by atoms with Crippen molar-refractivity contribution in [2.45, 2.75) is 0 Å². The predicted molar refractivity (Wildman–Crippen MR) is 72.4 cm³/mol. The van der Waals surface area contributed by atoms with E-state index in [2.05, 4.69) is 15.1 Å². The van der Waals surface area contributed by atoms with Crippen molar-refractivity contribution in [1.82, 2.24) is 15.1 Å². The van der Waals surface area contributed by atoms with E-state index in [-0.39, 0.29) is 0 Å². The van der Waals surface area contributed by atoms with Crippen LogP contribution in [0.1, 0.15) is 0 Å². The lowest BCUT2D eigenvalue weighted by Crippen LogP contribution is -1.87. The number of nitrogens with zero attached hydrogens (tertiary/aromatic N) is 3. The van der Waals surface area contributed by atoms with Crippen molar-refractivity contribution in [3.8, 4) is 23.0 Å². The monoisotopic (exact) mass is 272 g/mol. The molecule has 94 valence electrons. The van der Waals surface area contributed by atoms with Crippen molar-refractivity contribution in [2.75, 3.05) is 5.73 Å². The van der Waals surface area contributed by atoms with Crippen LogP contribution in [0.25, 0.3) is 23.0 Å². The van der Waals surface area contributed by atoms with E-state index in [1.165, 1.54) is 0 Å². The van der Waals surface area contributed by atoms with Gasteiger partial charge in [-0.05, 0) is 30.3 Å². The molecule has 0 saturated heterocycles. The Morgan fingerprint density at radius 1 is 1.16 bits per heavy atom. The van der Waals surface area contributed by atoms with Gasteiger partial charge in [-0.25, -0.2) is 0 Å². The second kappa shape index (κ2) is 4.70. The summed E-state index contributed by atoms with van der Waals surface area (Å²) in [7, 11) is 0. The highest BCUT2D eigenvalue weighted by Crippen LogP contribution is 2.29. The van der Waals surface area contributed by atoms with Crippen molar-refractivity contribution >= 4 is 17.3 Å². The molecule has 0 spiro atoms. The van der Waals surface area contributed by atoms with Gasteiger partial charge >= 0.3 is 0 Å². The first kappa shape index (κ1) is 11.7. The molecular formula is C13H9ClN4O.